The minimum absolute atomic E-state index is 0.00600. The summed E-state index contributed by atoms with van der Waals surface area (Å²) >= 11 is 0. The third-order valence-corrected chi connectivity index (χ3v) is 7.03. The van der Waals surface area contributed by atoms with E-state index in [2.05, 4.69) is 10.6 Å². The number of rotatable bonds is 15. The van der Waals surface area contributed by atoms with Crippen LogP contribution in [0.2, 0.25) is 0 Å². The van der Waals surface area contributed by atoms with Gasteiger partial charge in [-0.2, -0.15) is 0 Å². The molecule has 0 aromatic heterocycles. The summed E-state index contributed by atoms with van der Waals surface area (Å²) in [5.74, 6) is -1.10. The van der Waals surface area contributed by atoms with Crippen LogP contribution in [-0.2, 0) is 28.5 Å². The Morgan fingerprint density at radius 1 is 1.17 bits per heavy atom. The number of allylic oxidation sites excluding steroid dienone is 1. The van der Waals surface area contributed by atoms with Crippen molar-refractivity contribution in [2.45, 2.75) is 113 Å². The average molecular weight is 593 g/mol. The Bertz CT molecular complexity index is 865. The molecule has 41 heavy (non-hydrogen) atoms. The van der Waals surface area contributed by atoms with Gasteiger partial charge in [0, 0.05) is 19.5 Å². The summed E-state index contributed by atoms with van der Waals surface area (Å²) in [6.07, 6.45) is -6.59. The summed E-state index contributed by atoms with van der Waals surface area (Å²) in [6.45, 7) is 4.12. The molecule has 16 heteroatoms. The third-order valence-electron chi connectivity index (χ3n) is 7.03. The first-order chi connectivity index (χ1) is 19.3. The maximum absolute atomic E-state index is 12.7. The summed E-state index contributed by atoms with van der Waals surface area (Å²) in [5.41, 5.74) is 23.5. The van der Waals surface area contributed by atoms with Crippen LogP contribution in [0.4, 0.5) is 0 Å². The van der Waals surface area contributed by atoms with Crippen molar-refractivity contribution in [3.63, 3.8) is 0 Å². The Balaban J connectivity index is 2.48. The molecule has 0 spiro atoms. The Labute approximate surface area is 239 Å². The second kappa shape index (κ2) is 16.5. The number of hydrogen-bond acceptors (Lipinski definition) is 14. The van der Waals surface area contributed by atoms with Gasteiger partial charge in [-0.15, -0.1) is 0 Å². The van der Waals surface area contributed by atoms with Crippen LogP contribution in [0.1, 0.15) is 40.0 Å². The average Bonchev–Trinajstić information content (AvgIpc) is 2.93. The molecule has 238 valence electrons. The topological polar surface area (TPSA) is 280 Å². The number of nitrogens with two attached hydrogens (primary N) is 4. The van der Waals surface area contributed by atoms with Crippen LogP contribution in [0.5, 0.6) is 0 Å². The van der Waals surface area contributed by atoms with Gasteiger partial charge in [0.05, 0.1) is 24.7 Å². The summed E-state index contributed by atoms with van der Waals surface area (Å²) in [4.78, 5) is 25.1. The lowest BCUT2D eigenvalue weighted by Crippen LogP contribution is -2.67. The van der Waals surface area contributed by atoms with Crippen LogP contribution < -0.4 is 33.6 Å². The molecule has 14 N–H and O–H groups in total. The van der Waals surface area contributed by atoms with Gasteiger partial charge < -0.3 is 72.9 Å². The fraction of sp³-hybridized carbons (Fsp3) is 0.840. The van der Waals surface area contributed by atoms with E-state index in [0.717, 1.165) is 0 Å². The quantitative estimate of drug-likeness (QED) is 0.0859. The molecule has 5 unspecified atom stereocenters. The third kappa shape index (κ3) is 9.71. The fourth-order valence-electron chi connectivity index (χ4n) is 4.72. The van der Waals surface area contributed by atoms with Gasteiger partial charge in [0.2, 0.25) is 11.8 Å². The van der Waals surface area contributed by atoms with E-state index in [1.807, 2.05) is 0 Å². The van der Waals surface area contributed by atoms with Gasteiger partial charge in [-0.1, -0.05) is 0 Å². The monoisotopic (exact) mass is 592 g/mol. The zero-order chi connectivity index (χ0) is 30.9. The second-order valence-electron chi connectivity index (χ2n) is 10.5. The highest BCUT2D eigenvalue weighted by atomic mass is 16.7. The van der Waals surface area contributed by atoms with Crippen molar-refractivity contribution < 1.29 is 49.0 Å². The Kier molecular flexibility index (Phi) is 14.1. The maximum Gasteiger partial charge on any atom is 0.275 e. The maximum atomic E-state index is 12.7. The van der Waals surface area contributed by atoms with Gasteiger partial charge in [-0.25, -0.2) is 0 Å². The smallest absolute Gasteiger partial charge is 0.275 e. The molecular formula is C25H48N6O10. The van der Waals surface area contributed by atoms with Crippen molar-refractivity contribution in [3.8, 4) is 0 Å². The van der Waals surface area contributed by atoms with Gasteiger partial charge in [0.1, 0.15) is 42.7 Å². The van der Waals surface area contributed by atoms with Crippen LogP contribution in [-0.4, -0.2) is 125 Å². The molecule has 0 aromatic carbocycles. The number of carbonyl (C=O) groups excluding carboxylic acids is 2. The standard InChI is InChI=1S/C25H48N6O10/c1-11(28)22(40-17-6-4-5-14(9-27)38-17)19(31-13(3)33)23(12(2)30-24(37)15(34)7-8-26)41-25-21(36)18(29)20(35)16(10-32)39-25/h6,11-12,14-16,18-23,25,32,34-36H,4-5,7-10,26-29H2,1-3H3,(H,30,37)(H,31,33)/t11?,12-,14+,15+,16?,18+,19?,20-,21?,22?,23+,25-/m1/s1. The second-order valence-corrected chi connectivity index (χ2v) is 10.5. The lowest BCUT2D eigenvalue weighted by Gasteiger charge is -2.45. The van der Waals surface area contributed by atoms with Gasteiger partial charge in [0.15, 0.2) is 6.29 Å². The molecule has 2 rings (SSSR count). The number of amides is 2. The van der Waals surface area contributed by atoms with Gasteiger partial charge >= 0.3 is 0 Å². The summed E-state index contributed by atoms with van der Waals surface area (Å²) in [6, 6.07) is -4.08. The van der Waals surface area contributed by atoms with E-state index in [0.29, 0.717) is 12.8 Å². The Morgan fingerprint density at radius 3 is 2.41 bits per heavy atom. The zero-order valence-electron chi connectivity index (χ0n) is 23.8. The van der Waals surface area contributed by atoms with Crippen LogP contribution in [0.15, 0.2) is 12.0 Å². The Morgan fingerprint density at radius 2 is 1.85 bits per heavy atom. The highest BCUT2D eigenvalue weighted by Crippen LogP contribution is 2.27. The van der Waals surface area contributed by atoms with E-state index in [1.165, 1.54) is 6.92 Å². The van der Waals surface area contributed by atoms with Crippen LogP contribution >= 0.6 is 0 Å². The summed E-state index contributed by atoms with van der Waals surface area (Å²) in [5, 5.41) is 46.3. The van der Waals surface area contributed by atoms with E-state index < -0.39 is 85.5 Å². The molecule has 2 heterocycles. The molecule has 1 saturated heterocycles. The van der Waals surface area contributed by atoms with Crippen molar-refractivity contribution in [2.75, 3.05) is 19.7 Å². The number of ether oxygens (including phenoxy) is 4. The predicted molar refractivity (Wildman–Crippen MR) is 145 cm³/mol. The first-order valence-electron chi connectivity index (χ1n) is 13.8. The molecule has 0 aliphatic carbocycles. The molecule has 0 aromatic rings. The summed E-state index contributed by atoms with van der Waals surface area (Å²) < 4.78 is 23.7. The van der Waals surface area contributed by atoms with E-state index in [1.54, 1.807) is 19.9 Å². The van der Waals surface area contributed by atoms with Crippen molar-refractivity contribution in [3.05, 3.63) is 12.0 Å². The molecule has 0 saturated carbocycles. The van der Waals surface area contributed by atoms with Crippen LogP contribution in [0.3, 0.4) is 0 Å². The largest absolute Gasteiger partial charge is 0.461 e. The SMILES string of the molecule is CC(=O)NC(C(OC1=CCC[C@@H](CN)O1)C(C)N)[C@@H](O[C@H]1OC(CO)[C@@H](O)[C@H](N)C1O)[C@@H](C)NC(=O)[C@@H](O)CCN. The minimum Gasteiger partial charge on any atom is -0.461 e. The fourth-order valence-corrected chi connectivity index (χ4v) is 4.72. The number of aliphatic hydroxyl groups excluding tert-OH is 4. The number of carbonyl (C=O) groups is 2. The highest BCUT2D eigenvalue weighted by molar-refractivity contribution is 5.80. The minimum atomic E-state index is -1.57. The van der Waals surface area contributed by atoms with Gasteiger partial charge in [-0.3, -0.25) is 9.59 Å². The molecule has 0 radical (unpaired) electrons. The summed E-state index contributed by atoms with van der Waals surface area (Å²) in [7, 11) is 0. The molecule has 1 fully saturated rings. The first kappa shape index (κ1) is 35.1. The number of nitrogens with one attached hydrogen (secondary N) is 2. The molecule has 2 aliphatic heterocycles. The predicted octanol–water partition coefficient (Wildman–Crippen LogP) is -4.43. The Hall–Kier alpha value is -2.12. The van der Waals surface area contributed by atoms with E-state index in [-0.39, 0.29) is 31.6 Å². The van der Waals surface area contributed by atoms with Gasteiger partial charge in [0.25, 0.3) is 5.95 Å². The van der Waals surface area contributed by atoms with Crippen molar-refractivity contribution in [1.29, 1.82) is 0 Å². The van der Waals surface area contributed by atoms with Crippen LogP contribution in [0.25, 0.3) is 0 Å². The van der Waals surface area contributed by atoms with E-state index in [9.17, 15) is 30.0 Å². The lowest BCUT2D eigenvalue weighted by molar-refractivity contribution is -0.295. The molecular weight excluding hydrogens is 544 g/mol. The van der Waals surface area contributed by atoms with E-state index >= 15 is 0 Å². The zero-order valence-corrected chi connectivity index (χ0v) is 23.8. The van der Waals surface area contributed by atoms with Crippen molar-refractivity contribution >= 4 is 11.8 Å². The number of hydrogen-bond donors (Lipinski definition) is 10. The first-order valence-corrected chi connectivity index (χ1v) is 13.8. The molecule has 0 bridgehead atoms. The molecule has 2 amide bonds. The molecule has 16 nitrogen and oxygen atoms in total. The molecule has 12 atom stereocenters. The normalized spacial score (nSPS) is 31.0. The number of aliphatic hydroxyl groups is 4. The van der Waals surface area contributed by atoms with E-state index in [4.69, 9.17) is 41.9 Å². The van der Waals surface area contributed by atoms with Crippen molar-refractivity contribution in [1.82, 2.24) is 10.6 Å². The van der Waals surface area contributed by atoms with Gasteiger partial charge in [-0.05, 0) is 45.7 Å². The highest BCUT2D eigenvalue weighted by Gasteiger charge is 2.47. The van der Waals surface area contributed by atoms with Crippen molar-refractivity contribution in [2.24, 2.45) is 22.9 Å². The van der Waals surface area contributed by atoms with Crippen LogP contribution in [0, 0.1) is 0 Å². The lowest BCUT2D eigenvalue weighted by atomic mass is 9.93. The molecule has 2 aliphatic rings.